The van der Waals surface area contributed by atoms with E-state index in [4.69, 9.17) is 0 Å². The molecule has 0 fully saturated rings. The zero-order valence-electron chi connectivity index (χ0n) is 13.9. The van der Waals surface area contributed by atoms with Gasteiger partial charge in [0, 0.05) is 38.3 Å². The standard InChI is InChI=1S/C14H23N5O4S/c1-4-11(2)18-14(15-3)16-8-9-17-24(22,23)13-7-5-6-12(10-13)19(20)21/h5-7,10-11,17H,4,8-9H2,1-3H3,(H2,15,16,18). The van der Waals surface area contributed by atoms with Crippen LogP contribution in [0.25, 0.3) is 0 Å². The first kappa shape index (κ1) is 19.8. The lowest BCUT2D eigenvalue weighted by molar-refractivity contribution is -0.385. The molecular formula is C14H23N5O4S. The van der Waals surface area contributed by atoms with Crippen LogP contribution >= 0.6 is 0 Å². The van der Waals surface area contributed by atoms with Gasteiger partial charge in [0.25, 0.3) is 5.69 Å². The number of guanidine groups is 1. The van der Waals surface area contributed by atoms with Gasteiger partial charge in [0.15, 0.2) is 5.96 Å². The first-order valence-electron chi connectivity index (χ1n) is 7.51. The summed E-state index contributed by atoms with van der Waals surface area (Å²) in [5.41, 5.74) is -0.269. The molecule has 0 aromatic heterocycles. The van der Waals surface area contributed by atoms with Crippen molar-refractivity contribution < 1.29 is 13.3 Å². The number of nitrogens with zero attached hydrogens (tertiary/aromatic N) is 2. The maximum absolute atomic E-state index is 12.1. The van der Waals surface area contributed by atoms with Crippen LogP contribution in [0.1, 0.15) is 20.3 Å². The molecule has 0 amide bonds. The summed E-state index contributed by atoms with van der Waals surface area (Å²) in [5, 5.41) is 16.9. The van der Waals surface area contributed by atoms with Crippen molar-refractivity contribution in [2.24, 2.45) is 4.99 Å². The van der Waals surface area contributed by atoms with Crippen LogP contribution in [0.4, 0.5) is 5.69 Å². The molecule has 1 aromatic rings. The van der Waals surface area contributed by atoms with Crippen LogP contribution < -0.4 is 15.4 Å². The third-order valence-corrected chi connectivity index (χ3v) is 4.73. The molecule has 0 heterocycles. The lowest BCUT2D eigenvalue weighted by Crippen LogP contribution is -2.44. The highest BCUT2D eigenvalue weighted by Gasteiger charge is 2.17. The van der Waals surface area contributed by atoms with Gasteiger partial charge in [0.1, 0.15) is 0 Å². The third kappa shape index (κ3) is 6.13. The van der Waals surface area contributed by atoms with Gasteiger partial charge >= 0.3 is 0 Å². The molecule has 0 spiro atoms. The van der Waals surface area contributed by atoms with Crippen molar-refractivity contribution in [1.82, 2.24) is 15.4 Å². The average molecular weight is 357 g/mol. The number of rotatable bonds is 8. The Balaban J connectivity index is 2.57. The van der Waals surface area contributed by atoms with E-state index in [9.17, 15) is 18.5 Å². The van der Waals surface area contributed by atoms with Crippen LogP contribution in [0.15, 0.2) is 34.2 Å². The van der Waals surface area contributed by atoms with Gasteiger partial charge in [-0.05, 0) is 19.4 Å². The molecule has 134 valence electrons. The molecular weight excluding hydrogens is 334 g/mol. The minimum absolute atomic E-state index is 0.117. The van der Waals surface area contributed by atoms with Gasteiger partial charge < -0.3 is 10.6 Å². The Morgan fingerprint density at radius 2 is 2.08 bits per heavy atom. The molecule has 1 unspecified atom stereocenters. The van der Waals surface area contributed by atoms with Gasteiger partial charge in [-0.1, -0.05) is 13.0 Å². The molecule has 0 aliphatic carbocycles. The smallest absolute Gasteiger partial charge is 0.270 e. The van der Waals surface area contributed by atoms with Gasteiger partial charge in [-0.2, -0.15) is 0 Å². The molecule has 0 saturated carbocycles. The normalized spacial score (nSPS) is 13.4. The Kier molecular flexibility index (Phi) is 7.59. The van der Waals surface area contributed by atoms with Gasteiger partial charge in [-0.15, -0.1) is 0 Å². The number of aliphatic imine (C=N–C) groups is 1. The lowest BCUT2D eigenvalue weighted by atomic mass is 10.3. The van der Waals surface area contributed by atoms with E-state index in [-0.39, 0.29) is 23.2 Å². The monoisotopic (exact) mass is 357 g/mol. The zero-order chi connectivity index (χ0) is 18.2. The van der Waals surface area contributed by atoms with Crippen LogP contribution in [-0.2, 0) is 10.0 Å². The number of non-ortho nitro benzene ring substituents is 1. The van der Waals surface area contributed by atoms with E-state index < -0.39 is 14.9 Å². The molecule has 9 nitrogen and oxygen atoms in total. The molecule has 0 radical (unpaired) electrons. The third-order valence-electron chi connectivity index (χ3n) is 3.27. The summed E-state index contributed by atoms with van der Waals surface area (Å²) in [6.07, 6.45) is 0.931. The maximum Gasteiger partial charge on any atom is 0.270 e. The number of hydrogen-bond acceptors (Lipinski definition) is 5. The Bertz CT molecular complexity index is 690. The molecule has 10 heteroatoms. The Labute approximate surface area is 141 Å². The number of nitro groups is 1. The summed E-state index contributed by atoms with van der Waals surface area (Å²) in [6.45, 7) is 4.49. The SMILES string of the molecule is CCC(C)NC(=NC)NCCNS(=O)(=O)c1cccc([N+](=O)[O-])c1. The van der Waals surface area contributed by atoms with Crippen LogP contribution in [0.5, 0.6) is 0 Å². The molecule has 0 aliphatic heterocycles. The van der Waals surface area contributed by atoms with E-state index in [1.54, 1.807) is 7.05 Å². The fraction of sp³-hybridized carbons (Fsp3) is 0.500. The van der Waals surface area contributed by atoms with Gasteiger partial charge in [-0.25, -0.2) is 13.1 Å². The summed E-state index contributed by atoms with van der Waals surface area (Å²) in [6, 6.07) is 5.16. The van der Waals surface area contributed by atoms with E-state index in [0.29, 0.717) is 12.5 Å². The predicted octanol–water partition coefficient (Wildman–Crippen LogP) is 0.837. The fourth-order valence-corrected chi connectivity index (χ4v) is 2.82. The van der Waals surface area contributed by atoms with Crippen LogP contribution in [0.2, 0.25) is 0 Å². The van der Waals surface area contributed by atoms with Crippen molar-refractivity contribution in [2.45, 2.75) is 31.2 Å². The highest BCUT2D eigenvalue weighted by atomic mass is 32.2. The topological polar surface area (TPSA) is 126 Å². The average Bonchev–Trinajstić information content (AvgIpc) is 2.57. The first-order chi connectivity index (χ1) is 11.3. The second-order valence-corrected chi connectivity index (χ2v) is 6.87. The minimum atomic E-state index is -3.80. The largest absolute Gasteiger partial charge is 0.355 e. The zero-order valence-corrected chi connectivity index (χ0v) is 14.8. The van der Waals surface area contributed by atoms with E-state index in [1.807, 2.05) is 13.8 Å². The summed E-state index contributed by atoms with van der Waals surface area (Å²) < 4.78 is 26.7. The van der Waals surface area contributed by atoms with Gasteiger partial charge in [0.2, 0.25) is 10.0 Å². The number of sulfonamides is 1. The van der Waals surface area contributed by atoms with E-state index in [1.165, 1.54) is 18.2 Å². The highest BCUT2D eigenvalue weighted by Crippen LogP contribution is 2.16. The quantitative estimate of drug-likeness (QED) is 0.208. The fourth-order valence-electron chi connectivity index (χ4n) is 1.74. The summed E-state index contributed by atoms with van der Waals surface area (Å²) >= 11 is 0. The second-order valence-electron chi connectivity index (χ2n) is 5.10. The van der Waals surface area contributed by atoms with Crippen LogP contribution in [-0.4, -0.2) is 45.5 Å². The highest BCUT2D eigenvalue weighted by molar-refractivity contribution is 7.89. The molecule has 0 aliphatic rings. The Hall–Kier alpha value is -2.20. The van der Waals surface area contributed by atoms with E-state index in [2.05, 4.69) is 20.3 Å². The molecule has 1 atom stereocenters. The van der Waals surface area contributed by atoms with Crippen molar-refractivity contribution in [1.29, 1.82) is 0 Å². The van der Waals surface area contributed by atoms with E-state index in [0.717, 1.165) is 12.5 Å². The molecule has 24 heavy (non-hydrogen) atoms. The molecule has 3 N–H and O–H groups in total. The molecule has 0 bridgehead atoms. The predicted molar refractivity (Wildman–Crippen MR) is 92.5 cm³/mol. The number of nitrogens with one attached hydrogen (secondary N) is 3. The minimum Gasteiger partial charge on any atom is -0.355 e. The van der Waals surface area contributed by atoms with Crippen molar-refractivity contribution in [3.8, 4) is 0 Å². The van der Waals surface area contributed by atoms with Crippen molar-refractivity contribution in [2.75, 3.05) is 20.1 Å². The first-order valence-corrected chi connectivity index (χ1v) is 8.99. The summed E-state index contributed by atoms with van der Waals surface area (Å²) in [5.74, 6) is 0.582. The van der Waals surface area contributed by atoms with Crippen LogP contribution in [0.3, 0.4) is 0 Å². The Morgan fingerprint density at radius 1 is 1.38 bits per heavy atom. The van der Waals surface area contributed by atoms with E-state index >= 15 is 0 Å². The van der Waals surface area contributed by atoms with Gasteiger partial charge in [-0.3, -0.25) is 15.1 Å². The number of hydrogen-bond donors (Lipinski definition) is 3. The molecule has 0 saturated heterocycles. The van der Waals surface area contributed by atoms with Crippen molar-refractivity contribution >= 4 is 21.7 Å². The molecule has 1 aromatic carbocycles. The molecule has 1 rings (SSSR count). The van der Waals surface area contributed by atoms with Crippen LogP contribution in [0, 0.1) is 10.1 Å². The van der Waals surface area contributed by atoms with Crippen molar-refractivity contribution in [3.05, 3.63) is 34.4 Å². The lowest BCUT2D eigenvalue weighted by Gasteiger charge is -2.16. The maximum atomic E-state index is 12.1. The second kappa shape index (κ2) is 9.18. The van der Waals surface area contributed by atoms with Gasteiger partial charge in [0.05, 0.1) is 9.82 Å². The Morgan fingerprint density at radius 3 is 2.67 bits per heavy atom. The summed E-state index contributed by atoms with van der Waals surface area (Å²) in [7, 11) is -2.17. The summed E-state index contributed by atoms with van der Waals surface area (Å²) in [4.78, 5) is 14.0. The number of benzene rings is 1. The number of nitro benzene ring substituents is 1. The van der Waals surface area contributed by atoms with Crippen molar-refractivity contribution in [3.63, 3.8) is 0 Å².